The Bertz CT molecular complexity index is 234. The fraction of sp³-hybridized carbons (Fsp3) is 1.00. The highest BCUT2D eigenvalue weighted by atomic mass is 32.2. The molecule has 0 bridgehead atoms. The topological polar surface area (TPSA) is 84.2 Å². The molecule has 5 nitrogen and oxygen atoms in total. The van der Waals surface area contributed by atoms with Crippen LogP contribution < -0.4 is 15.2 Å². The quantitative estimate of drug-likeness (QED) is 0.554. The van der Waals surface area contributed by atoms with E-state index in [1.165, 1.54) is 7.05 Å². The SMILES string of the molecule is CCC(N)(CC)CNS(=O)(=O)NC. The van der Waals surface area contributed by atoms with Crippen molar-refractivity contribution in [1.29, 1.82) is 0 Å². The first-order chi connectivity index (χ1) is 5.89. The van der Waals surface area contributed by atoms with Crippen molar-refractivity contribution in [2.75, 3.05) is 13.6 Å². The molecule has 0 saturated heterocycles. The fourth-order valence-electron chi connectivity index (χ4n) is 0.811. The zero-order chi connectivity index (χ0) is 10.5. The Labute approximate surface area is 80.3 Å². The van der Waals surface area contributed by atoms with Crippen LogP contribution in [0.5, 0.6) is 0 Å². The molecule has 0 aliphatic heterocycles. The summed E-state index contributed by atoms with van der Waals surface area (Å²) >= 11 is 0. The van der Waals surface area contributed by atoms with Crippen LogP contribution in [0.3, 0.4) is 0 Å². The second-order valence-corrected chi connectivity index (χ2v) is 4.80. The highest BCUT2D eigenvalue weighted by Gasteiger charge is 2.22. The van der Waals surface area contributed by atoms with Gasteiger partial charge in [0.2, 0.25) is 0 Å². The highest BCUT2D eigenvalue weighted by molar-refractivity contribution is 7.87. The van der Waals surface area contributed by atoms with E-state index in [9.17, 15) is 8.42 Å². The van der Waals surface area contributed by atoms with Gasteiger partial charge in [-0.3, -0.25) is 0 Å². The Balaban J connectivity index is 4.15. The van der Waals surface area contributed by atoms with Crippen LogP contribution in [0.15, 0.2) is 0 Å². The number of nitrogens with two attached hydrogens (primary N) is 1. The third-order valence-corrected chi connectivity index (χ3v) is 3.35. The van der Waals surface area contributed by atoms with Crippen molar-refractivity contribution in [2.45, 2.75) is 32.2 Å². The molecular weight excluding hydrogens is 190 g/mol. The van der Waals surface area contributed by atoms with E-state index in [2.05, 4.69) is 9.44 Å². The third-order valence-electron chi connectivity index (χ3n) is 2.29. The fourth-order valence-corrected chi connectivity index (χ4v) is 1.43. The molecule has 0 heterocycles. The molecule has 0 aromatic carbocycles. The summed E-state index contributed by atoms with van der Waals surface area (Å²) < 4.78 is 26.6. The summed E-state index contributed by atoms with van der Waals surface area (Å²) in [6, 6.07) is 0. The van der Waals surface area contributed by atoms with E-state index < -0.39 is 15.7 Å². The summed E-state index contributed by atoms with van der Waals surface area (Å²) in [5.74, 6) is 0. The van der Waals surface area contributed by atoms with Gasteiger partial charge in [-0.25, -0.2) is 9.44 Å². The Hall–Kier alpha value is -0.170. The first-order valence-electron chi connectivity index (χ1n) is 4.36. The smallest absolute Gasteiger partial charge is 0.276 e. The first-order valence-corrected chi connectivity index (χ1v) is 5.84. The van der Waals surface area contributed by atoms with Crippen LogP contribution in [0.4, 0.5) is 0 Å². The molecule has 13 heavy (non-hydrogen) atoms. The van der Waals surface area contributed by atoms with E-state index in [4.69, 9.17) is 5.73 Å². The summed E-state index contributed by atoms with van der Waals surface area (Å²) in [5, 5.41) is 0. The van der Waals surface area contributed by atoms with Crippen LogP contribution in [0.1, 0.15) is 26.7 Å². The van der Waals surface area contributed by atoms with E-state index in [0.717, 1.165) is 12.8 Å². The van der Waals surface area contributed by atoms with Gasteiger partial charge in [0.1, 0.15) is 0 Å². The maximum absolute atomic E-state index is 11.0. The van der Waals surface area contributed by atoms with E-state index in [0.29, 0.717) is 0 Å². The molecule has 0 aromatic rings. The zero-order valence-electron chi connectivity index (χ0n) is 8.42. The maximum atomic E-state index is 11.0. The average molecular weight is 209 g/mol. The van der Waals surface area contributed by atoms with Gasteiger partial charge in [0.05, 0.1) is 0 Å². The van der Waals surface area contributed by atoms with Crippen molar-refractivity contribution >= 4 is 10.2 Å². The van der Waals surface area contributed by atoms with Crippen LogP contribution in [-0.4, -0.2) is 27.5 Å². The van der Waals surface area contributed by atoms with Gasteiger partial charge in [-0.1, -0.05) is 13.8 Å². The molecule has 0 aliphatic carbocycles. The third kappa shape index (κ3) is 4.56. The largest absolute Gasteiger partial charge is 0.324 e. The van der Waals surface area contributed by atoms with Gasteiger partial charge >= 0.3 is 0 Å². The maximum Gasteiger partial charge on any atom is 0.276 e. The molecule has 0 unspecified atom stereocenters. The lowest BCUT2D eigenvalue weighted by Gasteiger charge is -2.26. The molecule has 0 aliphatic rings. The molecule has 0 rings (SSSR count). The van der Waals surface area contributed by atoms with Crippen molar-refractivity contribution in [3.8, 4) is 0 Å². The van der Waals surface area contributed by atoms with E-state index in [1.807, 2.05) is 13.8 Å². The molecule has 0 amide bonds. The van der Waals surface area contributed by atoms with Crippen molar-refractivity contribution in [3.63, 3.8) is 0 Å². The lowest BCUT2D eigenvalue weighted by Crippen LogP contribution is -2.51. The standard InChI is InChI=1S/C7H19N3O2S/c1-4-7(8,5-2)6-10-13(11,12)9-3/h9-10H,4-6,8H2,1-3H3. The van der Waals surface area contributed by atoms with Gasteiger partial charge in [0.25, 0.3) is 10.2 Å². The Morgan fingerprint density at radius 3 is 2.08 bits per heavy atom. The lowest BCUT2D eigenvalue weighted by atomic mass is 9.95. The molecular formula is C7H19N3O2S. The second-order valence-electron chi connectivity index (χ2n) is 3.10. The molecule has 6 heteroatoms. The lowest BCUT2D eigenvalue weighted by molar-refractivity contribution is 0.391. The van der Waals surface area contributed by atoms with E-state index in [1.54, 1.807) is 0 Å². The summed E-state index contributed by atoms with van der Waals surface area (Å²) in [7, 11) is -1.99. The summed E-state index contributed by atoms with van der Waals surface area (Å²) in [6.07, 6.45) is 1.49. The summed E-state index contributed by atoms with van der Waals surface area (Å²) in [6.45, 7) is 4.15. The Morgan fingerprint density at radius 2 is 1.77 bits per heavy atom. The minimum atomic E-state index is -3.35. The predicted molar refractivity (Wildman–Crippen MR) is 53.5 cm³/mol. The van der Waals surface area contributed by atoms with Gasteiger partial charge in [0, 0.05) is 19.1 Å². The van der Waals surface area contributed by atoms with Crippen molar-refractivity contribution < 1.29 is 8.42 Å². The normalized spacial score (nSPS) is 13.2. The monoisotopic (exact) mass is 209 g/mol. The van der Waals surface area contributed by atoms with Gasteiger partial charge in [0.15, 0.2) is 0 Å². The number of hydrogen-bond donors (Lipinski definition) is 3. The van der Waals surface area contributed by atoms with Crippen LogP contribution in [0, 0.1) is 0 Å². The second kappa shape index (κ2) is 4.90. The molecule has 4 N–H and O–H groups in total. The number of rotatable bonds is 6. The van der Waals surface area contributed by atoms with Gasteiger partial charge < -0.3 is 5.73 Å². The minimum Gasteiger partial charge on any atom is -0.324 e. The van der Waals surface area contributed by atoms with Crippen LogP contribution >= 0.6 is 0 Å². The van der Waals surface area contributed by atoms with E-state index >= 15 is 0 Å². The van der Waals surface area contributed by atoms with Crippen LogP contribution in [-0.2, 0) is 10.2 Å². The van der Waals surface area contributed by atoms with E-state index in [-0.39, 0.29) is 6.54 Å². The molecule has 0 saturated carbocycles. The van der Waals surface area contributed by atoms with Gasteiger partial charge in [-0.15, -0.1) is 0 Å². The minimum absolute atomic E-state index is 0.267. The van der Waals surface area contributed by atoms with Crippen molar-refractivity contribution in [2.24, 2.45) is 5.73 Å². The molecule has 0 radical (unpaired) electrons. The first kappa shape index (κ1) is 12.8. The Morgan fingerprint density at radius 1 is 1.31 bits per heavy atom. The number of nitrogens with one attached hydrogen (secondary N) is 2. The van der Waals surface area contributed by atoms with Gasteiger partial charge in [-0.2, -0.15) is 8.42 Å². The molecule has 0 atom stereocenters. The number of hydrogen-bond acceptors (Lipinski definition) is 3. The van der Waals surface area contributed by atoms with Crippen LogP contribution in [0.2, 0.25) is 0 Å². The van der Waals surface area contributed by atoms with Crippen molar-refractivity contribution in [3.05, 3.63) is 0 Å². The molecule has 0 fully saturated rings. The molecule has 0 aromatic heterocycles. The average Bonchev–Trinajstić information content (AvgIpc) is 2.14. The summed E-state index contributed by atoms with van der Waals surface area (Å²) in [5.41, 5.74) is 5.46. The summed E-state index contributed by atoms with van der Waals surface area (Å²) in [4.78, 5) is 0. The Kier molecular flexibility index (Phi) is 4.83. The highest BCUT2D eigenvalue weighted by Crippen LogP contribution is 2.09. The zero-order valence-corrected chi connectivity index (χ0v) is 9.24. The van der Waals surface area contributed by atoms with Crippen LogP contribution in [0.25, 0.3) is 0 Å². The van der Waals surface area contributed by atoms with Crippen molar-refractivity contribution in [1.82, 2.24) is 9.44 Å². The molecule has 0 spiro atoms. The molecule has 80 valence electrons. The van der Waals surface area contributed by atoms with Gasteiger partial charge in [-0.05, 0) is 12.8 Å². The predicted octanol–water partition coefficient (Wildman–Crippen LogP) is -0.442.